The van der Waals surface area contributed by atoms with Crippen molar-refractivity contribution in [2.45, 2.75) is 29.9 Å². The first-order valence-corrected chi connectivity index (χ1v) is 16.0. The highest BCUT2D eigenvalue weighted by molar-refractivity contribution is 7.89. The van der Waals surface area contributed by atoms with Crippen molar-refractivity contribution in [3.8, 4) is 5.75 Å². The number of nitrogens with one attached hydrogen (secondary N) is 3. The number of nitrogens with zero attached hydrogens (tertiary/aromatic N) is 2. The average molecular weight is 633 g/mol. The van der Waals surface area contributed by atoms with E-state index in [1.807, 2.05) is 6.08 Å². The maximum Gasteiger partial charge on any atom is 0.327 e. The summed E-state index contributed by atoms with van der Waals surface area (Å²) in [6, 6.07) is 18.2. The number of carbonyl (C=O) groups excluding carboxylic acids is 2. The Labute approximate surface area is 260 Å². The first kappa shape index (κ1) is 30.3. The number of sulfonamides is 1. The van der Waals surface area contributed by atoms with Crippen molar-refractivity contribution in [3.05, 3.63) is 108 Å². The monoisotopic (exact) mass is 632 g/mol. The third-order valence-electron chi connectivity index (χ3n) is 8.02. The Bertz CT molecular complexity index is 1740. The maximum atomic E-state index is 13.9. The van der Waals surface area contributed by atoms with Crippen molar-refractivity contribution in [2.75, 3.05) is 31.1 Å². The molecule has 3 amide bonds. The third kappa shape index (κ3) is 6.55. The van der Waals surface area contributed by atoms with Crippen LogP contribution in [0, 0.1) is 5.82 Å². The second kappa shape index (κ2) is 12.7. The SMILES string of the molecule is NC(=O)c1ccc(N2C=C3C=C(c4ccc(S(=O)(=O)N(CCOc5ccc(F)cc5)C5CCNCC5)cc4)NC3NC2=O)cc1. The van der Waals surface area contributed by atoms with Crippen LogP contribution in [-0.4, -0.2) is 63.1 Å². The fourth-order valence-electron chi connectivity index (χ4n) is 5.63. The van der Waals surface area contributed by atoms with Crippen molar-refractivity contribution < 1.29 is 27.1 Å². The molecule has 234 valence electrons. The largest absolute Gasteiger partial charge is 0.492 e. The van der Waals surface area contributed by atoms with Gasteiger partial charge >= 0.3 is 6.03 Å². The van der Waals surface area contributed by atoms with Crippen LogP contribution in [0.25, 0.3) is 5.70 Å². The van der Waals surface area contributed by atoms with E-state index in [-0.39, 0.29) is 35.9 Å². The minimum Gasteiger partial charge on any atom is -0.492 e. The lowest BCUT2D eigenvalue weighted by molar-refractivity contribution is 0.1000. The number of rotatable bonds is 10. The highest BCUT2D eigenvalue weighted by Crippen LogP contribution is 2.30. The summed E-state index contributed by atoms with van der Waals surface area (Å²) in [6.07, 6.45) is 4.52. The molecule has 0 spiro atoms. The number of ether oxygens (including phenoxy) is 1. The Balaban J connectivity index is 1.18. The zero-order valence-corrected chi connectivity index (χ0v) is 25.1. The molecule has 0 radical (unpaired) electrons. The summed E-state index contributed by atoms with van der Waals surface area (Å²) < 4.78 is 48.3. The Morgan fingerprint density at radius 2 is 1.67 bits per heavy atom. The molecule has 0 aliphatic carbocycles. The number of nitrogens with two attached hydrogens (primary N) is 1. The predicted octanol–water partition coefficient (Wildman–Crippen LogP) is 3.13. The molecule has 1 atom stereocenters. The van der Waals surface area contributed by atoms with Gasteiger partial charge in [-0.25, -0.2) is 17.6 Å². The van der Waals surface area contributed by atoms with Gasteiger partial charge in [-0.05, 0) is 98.2 Å². The molecule has 1 unspecified atom stereocenters. The molecular formula is C32H33FN6O5S. The molecule has 3 aliphatic heterocycles. The molecule has 3 aliphatic rings. The number of benzene rings is 3. The van der Waals surface area contributed by atoms with Gasteiger partial charge in [0.05, 0.1) is 10.6 Å². The number of anilines is 1. The highest BCUT2D eigenvalue weighted by Gasteiger charge is 2.34. The van der Waals surface area contributed by atoms with Gasteiger partial charge < -0.3 is 26.4 Å². The van der Waals surface area contributed by atoms with E-state index < -0.39 is 22.1 Å². The van der Waals surface area contributed by atoms with Crippen molar-refractivity contribution in [2.24, 2.45) is 5.73 Å². The molecule has 3 aromatic rings. The number of amides is 3. The van der Waals surface area contributed by atoms with Gasteiger partial charge in [-0.3, -0.25) is 9.69 Å². The fraction of sp³-hybridized carbons (Fsp3) is 0.250. The Morgan fingerprint density at radius 3 is 2.33 bits per heavy atom. The first-order valence-electron chi connectivity index (χ1n) is 14.6. The van der Waals surface area contributed by atoms with Gasteiger partial charge in [-0.15, -0.1) is 0 Å². The van der Waals surface area contributed by atoms with Crippen LogP contribution >= 0.6 is 0 Å². The van der Waals surface area contributed by atoms with Gasteiger partial charge in [0.2, 0.25) is 15.9 Å². The van der Waals surface area contributed by atoms with Crippen LogP contribution in [0.15, 0.2) is 95.5 Å². The van der Waals surface area contributed by atoms with E-state index in [9.17, 15) is 22.4 Å². The molecule has 6 rings (SSSR count). The van der Waals surface area contributed by atoms with Crippen LogP contribution in [-0.2, 0) is 10.0 Å². The standard InChI is InChI=1S/C32H33FN6O5S/c33-24-5-9-27(10-6-24)44-18-17-39(26-13-15-35-16-14-26)45(42,43)28-11-3-21(4-12-28)29-19-23-20-38(32(41)37-31(23)36-29)25-7-1-22(2-8-25)30(34)40/h1-12,19-20,26,31,35-36H,13-18H2,(H2,34,40)(H,37,41). The number of hydrogen-bond donors (Lipinski definition) is 4. The zero-order chi connectivity index (χ0) is 31.6. The number of carbonyl (C=O) groups is 2. The van der Waals surface area contributed by atoms with E-state index in [1.54, 1.807) is 54.7 Å². The number of halogens is 1. The van der Waals surface area contributed by atoms with Crippen LogP contribution in [0.2, 0.25) is 0 Å². The van der Waals surface area contributed by atoms with E-state index in [2.05, 4.69) is 16.0 Å². The summed E-state index contributed by atoms with van der Waals surface area (Å²) in [5.41, 5.74) is 8.52. The normalized spacial score (nSPS) is 18.5. The number of urea groups is 1. The molecule has 45 heavy (non-hydrogen) atoms. The molecule has 13 heteroatoms. The van der Waals surface area contributed by atoms with Crippen LogP contribution in [0.5, 0.6) is 5.75 Å². The number of fused-ring (bicyclic) bond motifs is 1. The van der Waals surface area contributed by atoms with E-state index >= 15 is 0 Å². The van der Waals surface area contributed by atoms with Gasteiger partial charge in [0.25, 0.3) is 0 Å². The molecule has 3 aromatic carbocycles. The van der Waals surface area contributed by atoms with Gasteiger partial charge in [-0.2, -0.15) is 4.31 Å². The molecule has 5 N–H and O–H groups in total. The second-order valence-corrected chi connectivity index (χ2v) is 12.8. The Hall–Kier alpha value is -4.72. The lowest BCUT2D eigenvalue weighted by Gasteiger charge is -2.33. The highest BCUT2D eigenvalue weighted by atomic mass is 32.2. The topological polar surface area (TPSA) is 146 Å². The Kier molecular flexibility index (Phi) is 8.57. The van der Waals surface area contributed by atoms with Crippen molar-refractivity contribution >= 4 is 33.3 Å². The molecule has 1 saturated heterocycles. The van der Waals surface area contributed by atoms with E-state index in [4.69, 9.17) is 10.5 Å². The fourth-order valence-corrected chi connectivity index (χ4v) is 7.30. The molecular weight excluding hydrogens is 599 g/mol. The van der Waals surface area contributed by atoms with Crippen LogP contribution in [0.3, 0.4) is 0 Å². The molecule has 1 fully saturated rings. The van der Waals surface area contributed by atoms with Crippen molar-refractivity contribution in [3.63, 3.8) is 0 Å². The smallest absolute Gasteiger partial charge is 0.327 e. The van der Waals surface area contributed by atoms with Crippen LogP contribution in [0.4, 0.5) is 14.9 Å². The second-order valence-electron chi connectivity index (χ2n) is 10.9. The number of piperidine rings is 1. The number of hydrogen-bond acceptors (Lipinski definition) is 7. The molecule has 11 nitrogen and oxygen atoms in total. The van der Waals surface area contributed by atoms with Gasteiger partial charge in [0.1, 0.15) is 24.3 Å². The van der Waals surface area contributed by atoms with Gasteiger partial charge in [-0.1, -0.05) is 12.1 Å². The van der Waals surface area contributed by atoms with Gasteiger partial charge in [0.15, 0.2) is 0 Å². The lowest BCUT2D eigenvalue weighted by atomic mass is 10.1. The summed E-state index contributed by atoms with van der Waals surface area (Å²) in [5.74, 6) is -0.454. The summed E-state index contributed by atoms with van der Waals surface area (Å²) in [4.78, 5) is 25.9. The zero-order valence-electron chi connectivity index (χ0n) is 24.3. The van der Waals surface area contributed by atoms with E-state index in [0.717, 1.165) is 29.9 Å². The third-order valence-corrected chi connectivity index (χ3v) is 9.99. The predicted molar refractivity (Wildman–Crippen MR) is 167 cm³/mol. The maximum absolute atomic E-state index is 13.9. The van der Waals surface area contributed by atoms with Crippen LogP contribution in [0.1, 0.15) is 28.8 Å². The summed E-state index contributed by atoms with van der Waals surface area (Å²) >= 11 is 0. The Morgan fingerprint density at radius 1 is 0.978 bits per heavy atom. The van der Waals surface area contributed by atoms with Gasteiger partial charge in [0, 0.05) is 35.6 Å². The molecule has 0 bridgehead atoms. The first-order chi connectivity index (χ1) is 21.7. The average Bonchev–Trinajstić information content (AvgIpc) is 3.47. The minimum absolute atomic E-state index is 0.123. The molecule has 0 saturated carbocycles. The van der Waals surface area contributed by atoms with Crippen molar-refractivity contribution in [1.29, 1.82) is 0 Å². The van der Waals surface area contributed by atoms with Crippen molar-refractivity contribution in [1.82, 2.24) is 20.3 Å². The number of primary amides is 1. The van der Waals surface area contributed by atoms with E-state index in [1.165, 1.54) is 33.5 Å². The molecule has 0 aromatic heterocycles. The summed E-state index contributed by atoms with van der Waals surface area (Å²) in [5, 5.41) is 9.47. The van der Waals surface area contributed by atoms with Crippen LogP contribution < -0.4 is 31.3 Å². The quantitative estimate of drug-likeness (QED) is 0.269. The van der Waals surface area contributed by atoms with E-state index in [0.29, 0.717) is 29.8 Å². The minimum atomic E-state index is -3.86. The lowest BCUT2D eigenvalue weighted by Crippen LogP contribution is -2.51. The summed E-state index contributed by atoms with van der Waals surface area (Å²) in [7, 11) is -3.86. The summed E-state index contributed by atoms with van der Waals surface area (Å²) in [6.45, 7) is 1.71. The molecule has 3 heterocycles.